The first-order valence-corrected chi connectivity index (χ1v) is 7.11. The Morgan fingerprint density at radius 1 is 1.27 bits per heavy atom. The zero-order valence-corrected chi connectivity index (χ0v) is 13.7. The highest BCUT2D eigenvalue weighted by molar-refractivity contribution is 5.78. The fourth-order valence-corrected chi connectivity index (χ4v) is 1.75. The molecular formula is C16H24N2O4. The Kier molecular flexibility index (Phi) is 6.22. The minimum atomic E-state index is -0.524. The van der Waals surface area contributed by atoms with E-state index in [2.05, 4.69) is 15.4 Å². The molecule has 0 bridgehead atoms. The lowest BCUT2D eigenvalue weighted by Crippen LogP contribution is -2.32. The molecule has 0 saturated heterocycles. The summed E-state index contributed by atoms with van der Waals surface area (Å²) in [5.74, 6) is -0.336. The molecule has 0 fully saturated rings. The Hall–Kier alpha value is -2.24. The molecule has 0 spiro atoms. The number of methoxy groups -OCH3 is 1. The summed E-state index contributed by atoms with van der Waals surface area (Å²) in [6, 6.07) is 6.98. The molecule has 6 heteroatoms. The lowest BCUT2D eigenvalue weighted by atomic mass is 10.2. The Balaban J connectivity index is 2.57. The average molecular weight is 308 g/mol. The molecule has 0 heterocycles. The van der Waals surface area contributed by atoms with Gasteiger partial charge in [-0.15, -0.1) is 0 Å². The number of benzene rings is 1. The predicted octanol–water partition coefficient (Wildman–Crippen LogP) is 2.68. The molecule has 6 nitrogen and oxygen atoms in total. The fourth-order valence-electron chi connectivity index (χ4n) is 1.75. The van der Waals surface area contributed by atoms with Crippen molar-refractivity contribution in [3.8, 4) is 0 Å². The number of hydrogen-bond donors (Lipinski definition) is 2. The van der Waals surface area contributed by atoms with Gasteiger partial charge in [-0.25, -0.2) is 9.59 Å². The van der Waals surface area contributed by atoms with Crippen LogP contribution in [0.1, 0.15) is 33.3 Å². The zero-order valence-electron chi connectivity index (χ0n) is 13.7. The van der Waals surface area contributed by atoms with Gasteiger partial charge in [-0.1, -0.05) is 12.1 Å². The van der Waals surface area contributed by atoms with Crippen LogP contribution in [0.3, 0.4) is 0 Å². The molecule has 22 heavy (non-hydrogen) atoms. The van der Waals surface area contributed by atoms with Crippen molar-refractivity contribution in [2.75, 3.05) is 12.4 Å². The van der Waals surface area contributed by atoms with Crippen molar-refractivity contribution in [1.29, 1.82) is 0 Å². The van der Waals surface area contributed by atoms with Gasteiger partial charge < -0.3 is 20.1 Å². The highest BCUT2D eigenvalue weighted by Crippen LogP contribution is 2.13. The molecule has 0 aliphatic carbocycles. The number of nitrogens with one attached hydrogen (secondary N) is 2. The Labute approximate surface area is 131 Å². The second-order valence-electron chi connectivity index (χ2n) is 5.95. The SMILES string of the molecule is COC(=O)C(C)Nc1cccc(CNC(=O)OC(C)(C)C)c1. The van der Waals surface area contributed by atoms with Crippen molar-refractivity contribution in [3.63, 3.8) is 0 Å². The van der Waals surface area contributed by atoms with Gasteiger partial charge in [-0.3, -0.25) is 0 Å². The van der Waals surface area contributed by atoms with Gasteiger partial charge in [0.2, 0.25) is 0 Å². The number of amides is 1. The second kappa shape index (κ2) is 7.68. The highest BCUT2D eigenvalue weighted by Gasteiger charge is 2.16. The largest absolute Gasteiger partial charge is 0.467 e. The van der Waals surface area contributed by atoms with Crippen LogP contribution >= 0.6 is 0 Å². The van der Waals surface area contributed by atoms with Crippen molar-refractivity contribution in [2.24, 2.45) is 0 Å². The van der Waals surface area contributed by atoms with E-state index in [-0.39, 0.29) is 5.97 Å². The maximum Gasteiger partial charge on any atom is 0.407 e. The van der Waals surface area contributed by atoms with Crippen LogP contribution in [0.15, 0.2) is 24.3 Å². The monoisotopic (exact) mass is 308 g/mol. The molecule has 1 rings (SSSR count). The van der Waals surface area contributed by atoms with Gasteiger partial charge in [-0.05, 0) is 45.4 Å². The van der Waals surface area contributed by atoms with Gasteiger partial charge in [0.15, 0.2) is 0 Å². The molecule has 1 unspecified atom stereocenters. The van der Waals surface area contributed by atoms with Crippen molar-refractivity contribution >= 4 is 17.7 Å². The smallest absolute Gasteiger partial charge is 0.407 e. The first-order valence-electron chi connectivity index (χ1n) is 7.11. The molecule has 1 atom stereocenters. The number of carbonyl (C=O) groups is 2. The normalized spacial score (nSPS) is 12.2. The predicted molar refractivity (Wildman–Crippen MR) is 84.6 cm³/mol. The lowest BCUT2D eigenvalue weighted by Gasteiger charge is -2.19. The molecule has 0 aliphatic heterocycles. The number of hydrogen-bond acceptors (Lipinski definition) is 5. The number of anilines is 1. The van der Waals surface area contributed by atoms with E-state index < -0.39 is 17.7 Å². The van der Waals surface area contributed by atoms with Crippen LogP contribution in [-0.2, 0) is 20.8 Å². The molecular weight excluding hydrogens is 284 g/mol. The van der Waals surface area contributed by atoms with Crippen LogP contribution in [-0.4, -0.2) is 30.8 Å². The topological polar surface area (TPSA) is 76.7 Å². The van der Waals surface area contributed by atoms with Gasteiger partial charge in [0.25, 0.3) is 0 Å². The van der Waals surface area contributed by atoms with Gasteiger partial charge in [-0.2, -0.15) is 0 Å². The summed E-state index contributed by atoms with van der Waals surface area (Å²) in [5.41, 5.74) is 1.15. The van der Waals surface area contributed by atoms with E-state index in [0.717, 1.165) is 11.3 Å². The lowest BCUT2D eigenvalue weighted by molar-refractivity contribution is -0.141. The summed E-state index contributed by atoms with van der Waals surface area (Å²) < 4.78 is 9.84. The van der Waals surface area contributed by atoms with Crippen LogP contribution in [0.25, 0.3) is 0 Å². The summed E-state index contributed by atoms with van der Waals surface area (Å²) in [6.45, 7) is 7.50. The molecule has 1 aromatic rings. The molecule has 1 aromatic carbocycles. The van der Waals surface area contributed by atoms with Crippen LogP contribution in [0.2, 0.25) is 0 Å². The minimum absolute atomic E-state index is 0.336. The molecule has 122 valence electrons. The van der Waals surface area contributed by atoms with Gasteiger partial charge >= 0.3 is 12.1 Å². The second-order valence-corrected chi connectivity index (χ2v) is 5.95. The third-order valence-electron chi connectivity index (χ3n) is 2.70. The zero-order chi connectivity index (χ0) is 16.8. The van der Waals surface area contributed by atoms with E-state index in [1.807, 2.05) is 45.0 Å². The van der Waals surface area contributed by atoms with Gasteiger partial charge in [0.1, 0.15) is 11.6 Å². The van der Waals surface area contributed by atoms with Crippen LogP contribution < -0.4 is 10.6 Å². The molecule has 1 amide bonds. The quantitative estimate of drug-likeness (QED) is 0.818. The minimum Gasteiger partial charge on any atom is -0.467 e. The van der Waals surface area contributed by atoms with Crippen LogP contribution in [0, 0.1) is 0 Å². The maximum atomic E-state index is 11.6. The van der Waals surface area contributed by atoms with Crippen LogP contribution in [0.5, 0.6) is 0 Å². The molecule has 0 radical (unpaired) electrons. The molecule has 2 N–H and O–H groups in total. The van der Waals surface area contributed by atoms with Crippen molar-refractivity contribution < 1.29 is 19.1 Å². The van der Waals surface area contributed by atoms with E-state index in [0.29, 0.717) is 6.54 Å². The number of rotatable bonds is 5. The summed E-state index contributed by atoms with van der Waals surface area (Å²) in [5, 5.41) is 5.73. The first-order chi connectivity index (χ1) is 10.2. The van der Waals surface area contributed by atoms with Gasteiger partial charge in [0.05, 0.1) is 7.11 Å². The highest BCUT2D eigenvalue weighted by atomic mass is 16.6. The van der Waals surface area contributed by atoms with E-state index in [4.69, 9.17) is 4.74 Å². The Morgan fingerprint density at radius 3 is 2.55 bits per heavy atom. The van der Waals surface area contributed by atoms with Gasteiger partial charge in [0, 0.05) is 12.2 Å². The first kappa shape index (κ1) is 17.8. The Morgan fingerprint density at radius 2 is 1.95 bits per heavy atom. The van der Waals surface area contributed by atoms with E-state index in [1.54, 1.807) is 6.92 Å². The Bertz CT molecular complexity index is 523. The maximum absolute atomic E-state index is 11.6. The molecule has 0 aliphatic rings. The van der Waals surface area contributed by atoms with E-state index in [1.165, 1.54) is 7.11 Å². The number of carbonyl (C=O) groups excluding carboxylic acids is 2. The number of alkyl carbamates (subject to hydrolysis) is 1. The summed E-state index contributed by atoms with van der Waals surface area (Å²) in [4.78, 5) is 23.0. The summed E-state index contributed by atoms with van der Waals surface area (Å²) in [7, 11) is 1.35. The summed E-state index contributed by atoms with van der Waals surface area (Å²) in [6.07, 6.45) is -0.464. The summed E-state index contributed by atoms with van der Waals surface area (Å²) >= 11 is 0. The van der Waals surface area contributed by atoms with Crippen LogP contribution in [0.4, 0.5) is 10.5 Å². The average Bonchev–Trinajstić information content (AvgIpc) is 2.42. The number of esters is 1. The van der Waals surface area contributed by atoms with E-state index in [9.17, 15) is 9.59 Å². The van der Waals surface area contributed by atoms with Crippen molar-refractivity contribution in [3.05, 3.63) is 29.8 Å². The van der Waals surface area contributed by atoms with Crippen molar-refractivity contribution in [1.82, 2.24) is 5.32 Å². The number of ether oxygens (including phenoxy) is 2. The standard InChI is InChI=1S/C16H24N2O4/c1-11(14(19)21-5)18-13-8-6-7-12(9-13)10-17-15(20)22-16(2,3)4/h6-9,11,18H,10H2,1-5H3,(H,17,20). The molecule has 0 saturated carbocycles. The fraction of sp³-hybridized carbons (Fsp3) is 0.500. The molecule has 0 aromatic heterocycles. The third kappa shape index (κ3) is 6.47. The third-order valence-corrected chi connectivity index (χ3v) is 2.70. The van der Waals surface area contributed by atoms with Crippen molar-refractivity contribution in [2.45, 2.75) is 45.9 Å². The van der Waals surface area contributed by atoms with E-state index >= 15 is 0 Å².